The van der Waals surface area contributed by atoms with Gasteiger partial charge in [-0.05, 0) is 63.0 Å². The second kappa shape index (κ2) is 8.84. The van der Waals surface area contributed by atoms with Crippen LogP contribution in [0.15, 0.2) is 24.4 Å². The molecule has 0 aliphatic carbocycles. The Kier molecular flexibility index (Phi) is 6.29. The van der Waals surface area contributed by atoms with Crippen molar-refractivity contribution in [3.05, 3.63) is 35.5 Å². The number of carbonyl (C=O) groups excluding carboxylic acids is 1. The van der Waals surface area contributed by atoms with Gasteiger partial charge < -0.3 is 15.5 Å². The molecular weight excluding hydrogens is 424 g/mol. The zero-order valence-corrected chi connectivity index (χ0v) is 18.1. The number of piperidine rings is 1. The van der Waals surface area contributed by atoms with Gasteiger partial charge in [0.15, 0.2) is 0 Å². The number of hydrogen-bond acceptors (Lipinski definition) is 4. The van der Waals surface area contributed by atoms with Crippen LogP contribution in [-0.4, -0.2) is 49.8 Å². The van der Waals surface area contributed by atoms with E-state index in [1.54, 1.807) is 13.0 Å². The normalized spacial score (nSPS) is 21.2. The Morgan fingerprint density at radius 1 is 1.28 bits per heavy atom. The van der Waals surface area contributed by atoms with E-state index < -0.39 is 23.8 Å². The summed E-state index contributed by atoms with van der Waals surface area (Å²) < 4.78 is 54.1. The number of halogens is 4. The van der Waals surface area contributed by atoms with Crippen LogP contribution >= 0.6 is 0 Å². The molecule has 2 aromatic rings. The average molecular weight is 452 g/mol. The highest BCUT2D eigenvalue weighted by atomic mass is 19.4. The van der Waals surface area contributed by atoms with Crippen LogP contribution in [0.5, 0.6) is 0 Å². The van der Waals surface area contributed by atoms with Crippen molar-refractivity contribution < 1.29 is 22.4 Å². The summed E-state index contributed by atoms with van der Waals surface area (Å²) in [5, 5.41) is 6.70. The molecule has 1 atom stereocenters. The van der Waals surface area contributed by atoms with E-state index in [0.29, 0.717) is 56.5 Å². The van der Waals surface area contributed by atoms with Gasteiger partial charge in [0.25, 0.3) is 0 Å². The van der Waals surface area contributed by atoms with E-state index in [1.165, 1.54) is 12.3 Å². The first-order chi connectivity index (χ1) is 15.2. The summed E-state index contributed by atoms with van der Waals surface area (Å²) in [6.45, 7) is 3.79. The molecule has 32 heavy (non-hydrogen) atoms. The van der Waals surface area contributed by atoms with Crippen LogP contribution in [0.1, 0.15) is 36.8 Å². The minimum atomic E-state index is -4.49. The lowest BCUT2D eigenvalue weighted by molar-refractivity contribution is -0.136. The summed E-state index contributed by atoms with van der Waals surface area (Å²) in [6.07, 6.45) is -0.980. The lowest BCUT2D eigenvalue weighted by atomic mass is 9.77. The molecule has 1 aromatic heterocycles. The van der Waals surface area contributed by atoms with Gasteiger partial charge in [-0.3, -0.25) is 14.2 Å². The number of aryl methyl sites for hydroxylation is 1. The number of pyridine rings is 1. The SMILES string of the molecule is Cc1ccnc2c(C(F)(F)F)ccc(N3CCC(NC(=O)CC4(CF)CCNCC4)C3)c12. The van der Waals surface area contributed by atoms with Crippen LogP contribution in [-0.2, 0) is 11.0 Å². The second-order valence-corrected chi connectivity index (χ2v) is 9.04. The molecule has 0 radical (unpaired) electrons. The molecule has 2 N–H and O–H groups in total. The Hall–Kier alpha value is -2.42. The maximum absolute atomic E-state index is 13.7. The van der Waals surface area contributed by atoms with E-state index in [1.807, 2.05) is 4.90 Å². The van der Waals surface area contributed by atoms with Gasteiger partial charge in [0.05, 0.1) is 17.8 Å². The predicted molar refractivity (Wildman–Crippen MR) is 115 cm³/mol. The molecule has 0 saturated carbocycles. The van der Waals surface area contributed by atoms with Crippen molar-refractivity contribution in [1.82, 2.24) is 15.6 Å². The fourth-order valence-corrected chi connectivity index (χ4v) is 4.93. The zero-order valence-electron chi connectivity index (χ0n) is 18.1. The fraction of sp³-hybridized carbons (Fsp3) is 0.565. The number of nitrogens with zero attached hydrogens (tertiary/aromatic N) is 2. The lowest BCUT2D eigenvalue weighted by Crippen LogP contribution is -2.44. The van der Waals surface area contributed by atoms with Crippen molar-refractivity contribution in [2.24, 2.45) is 5.41 Å². The van der Waals surface area contributed by atoms with Crippen LogP contribution in [0.3, 0.4) is 0 Å². The van der Waals surface area contributed by atoms with E-state index in [2.05, 4.69) is 15.6 Å². The first-order valence-electron chi connectivity index (χ1n) is 11.0. The van der Waals surface area contributed by atoms with Gasteiger partial charge in [-0.1, -0.05) is 0 Å². The number of carbonyl (C=O) groups is 1. The molecule has 0 spiro atoms. The highest BCUT2D eigenvalue weighted by Gasteiger charge is 2.37. The van der Waals surface area contributed by atoms with Crippen molar-refractivity contribution in [3.8, 4) is 0 Å². The largest absolute Gasteiger partial charge is 0.418 e. The standard InChI is InChI=1S/C23H28F4N4O/c1-15-4-8-29-21-17(23(25,26)27)2-3-18(20(15)21)31-11-5-16(13-31)30-19(32)12-22(14-24)6-9-28-10-7-22/h2-4,8,16,28H,5-7,9-14H2,1H3,(H,30,32). The van der Waals surface area contributed by atoms with E-state index in [4.69, 9.17) is 0 Å². The summed E-state index contributed by atoms with van der Waals surface area (Å²) in [6, 6.07) is 4.15. The van der Waals surface area contributed by atoms with Crippen molar-refractivity contribution in [2.75, 3.05) is 37.8 Å². The topological polar surface area (TPSA) is 57.3 Å². The molecular formula is C23H28F4N4O. The highest BCUT2D eigenvalue weighted by molar-refractivity contribution is 5.96. The number of nitrogens with one attached hydrogen (secondary N) is 2. The number of anilines is 1. The fourth-order valence-electron chi connectivity index (χ4n) is 4.93. The molecule has 2 aliphatic rings. The maximum Gasteiger partial charge on any atom is 0.418 e. The Morgan fingerprint density at radius 3 is 2.72 bits per heavy atom. The third-order valence-electron chi connectivity index (χ3n) is 6.76. The van der Waals surface area contributed by atoms with Gasteiger partial charge in [0, 0.05) is 48.2 Å². The summed E-state index contributed by atoms with van der Waals surface area (Å²) in [5.41, 5.74) is 0.00845. The zero-order chi connectivity index (χ0) is 22.9. The van der Waals surface area contributed by atoms with E-state index in [0.717, 1.165) is 11.6 Å². The molecule has 4 rings (SSSR count). The third-order valence-corrected chi connectivity index (χ3v) is 6.76. The maximum atomic E-state index is 13.7. The molecule has 0 bridgehead atoms. The Balaban J connectivity index is 1.49. The molecule has 174 valence electrons. The number of rotatable bonds is 5. The minimum Gasteiger partial charge on any atom is -0.369 e. The van der Waals surface area contributed by atoms with Crippen LogP contribution in [0.25, 0.3) is 10.9 Å². The molecule has 2 saturated heterocycles. The number of amides is 1. The molecule has 9 heteroatoms. The van der Waals surface area contributed by atoms with Gasteiger partial charge in [-0.25, -0.2) is 0 Å². The molecule has 2 fully saturated rings. The Bertz CT molecular complexity index is 988. The molecule has 1 aromatic carbocycles. The molecule has 2 aliphatic heterocycles. The highest BCUT2D eigenvalue weighted by Crippen LogP contribution is 2.39. The number of fused-ring (bicyclic) bond motifs is 1. The van der Waals surface area contributed by atoms with Crippen molar-refractivity contribution >= 4 is 22.5 Å². The Morgan fingerprint density at radius 2 is 2.03 bits per heavy atom. The van der Waals surface area contributed by atoms with Crippen LogP contribution in [0.2, 0.25) is 0 Å². The van der Waals surface area contributed by atoms with Crippen molar-refractivity contribution in [1.29, 1.82) is 0 Å². The Labute approximate surface area is 184 Å². The van der Waals surface area contributed by atoms with E-state index in [-0.39, 0.29) is 23.9 Å². The molecule has 3 heterocycles. The smallest absolute Gasteiger partial charge is 0.369 e. The predicted octanol–water partition coefficient (Wildman–Crippen LogP) is 3.99. The number of alkyl halides is 4. The van der Waals surface area contributed by atoms with Crippen molar-refractivity contribution in [3.63, 3.8) is 0 Å². The van der Waals surface area contributed by atoms with Crippen LogP contribution in [0.4, 0.5) is 23.2 Å². The lowest BCUT2D eigenvalue weighted by Gasteiger charge is -2.34. The van der Waals surface area contributed by atoms with Crippen LogP contribution < -0.4 is 15.5 Å². The summed E-state index contributed by atoms with van der Waals surface area (Å²) in [4.78, 5) is 18.7. The average Bonchev–Trinajstić information content (AvgIpc) is 3.21. The van der Waals surface area contributed by atoms with E-state index in [9.17, 15) is 22.4 Å². The third kappa shape index (κ3) is 4.53. The summed E-state index contributed by atoms with van der Waals surface area (Å²) >= 11 is 0. The van der Waals surface area contributed by atoms with Gasteiger partial charge in [-0.2, -0.15) is 13.2 Å². The van der Waals surface area contributed by atoms with Gasteiger partial charge >= 0.3 is 6.18 Å². The first kappa shape index (κ1) is 22.8. The monoisotopic (exact) mass is 452 g/mol. The first-order valence-corrected chi connectivity index (χ1v) is 11.0. The summed E-state index contributed by atoms with van der Waals surface area (Å²) in [7, 11) is 0. The van der Waals surface area contributed by atoms with Gasteiger partial charge in [-0.15, -0.1) is 0 Å². The molecule has 1 amide bonds. The number of benzene rings is 1. The molecule has 1 unspecified atom stereocenters. The minimum absolute atomic E-state index is 0.0571. The quantitative estimate of drug-likeness (QED) is 0.674. The van der Waals surface area contributed by atoms with Gasteiger partial charge in [0.1, 0.15) is 0 Å². The summed E-state index contributed by atoms with van der Waals surface area (Å²) in [5.74, 6) is -0.161. The molecule has 5 nitrogen and oxygen atoms in total. The number of aromatic nitrogens is 1. The van der Waals surface area contributed by atoms with Crippen LogP contribution in [0, 0.1) is 12.3 Å². The van der Waals surface area contributed by atoms with Crippen molar-refractivity contribution in [2.45, 2.75) is 44.8 Å². The number of hydrogen-bond donors (Lipinski definition) is 2. The second-order valence-electron chi connectivity index (χ2n) is 9.04. The van der Waals surface area contributed by atoms with Gasteiger partial charge in [0.2, 0.25) is 5.91 Å². The van der Waals surface area contributed by atoms with E-state index >= 15 is 0 Å².